The first-order valence-electron chi connectivity index (χ1n) is 9.31. The van der Waals surface area contributed by atoms with E-state index in [2.05, 4.69) is 15.9 Å². The minimum absolute atomic E-state index is 0.0284. The summed E-state index contributed by atoms with van der Waals surface area (Å²) >= 11 is 3.32. The summed E-state index contributed by atoms with van der Waals surface area (Å²) in [4.78, 5) is 28.2. The first-order valence-corrected chi connectivity index (χ1v) is 10.1. The quantitative estimate of drug-likeness (QED) is 0.606. The number of aryl methyl sites for hydroxylation is 1. The van der Waals surface area contributed by atoms with Crippen molar-refractivity contribution in [2.75, 3.05) is 27.4 Å². The van der Waals surface area contributed by atoms with Gasteiger partial charge in [0.1, 0.15) is 5.58 Å². The highest BCUT2D eigenvalue weighted by molar-refractivity contribution is 9.10. The Kier molecular flexibility index (Phi) is 5.29. The average Bonchev–Trinajstić information content (AvgIpc) is 3.01. The summed E-state index contributed by atoms with van der Waals surface area (Å²) in [6.07, 6.45) is 0. The predicted octanol–water partition coefficient (Wildman–Crippen LogP) is 3.77. The third-order valence-corrected chi connectivity index (χ3v) is 5.85. The van der Waals surface area contributed by atoms with Gasteiger partial charge in [0.05, 0.1) is 35.2 Å². The molecule has 4 rings (SSSR count). The number of hydrogen-bond acceptors (Lipinski definition) is 6. The number of fused-ring (bicyclic) bond motifs is 2. The maximum atomic E-state index is 13.5. The van der Waals surface area contributed by atoms with Gasteiger partial charge in [-0.25, -0.2) is 0 Å². The lowest BCUT2D eigenvalue weighted by Gasteiger charge is -2.25. The molecule has 7 nitrogen and oxygen atoms in total. The number of carbonyl (C=O) groups is 1. The van der Waals surface area contributed by atoms with Crippen LogP contribution in [0.1, 0.15) is 33.3 Å². The standard InChI is InChI=1S/C22H20BrNO6/c1-11-4-5-15-13(8-11)19(25)17-18(12-9-14(23)20(26)16(10-12)29-3)24(6-7-28-2)22(27)21(17)30-15/h4-5,8-10,18,26H,6-7H2,1-3H3. The van der Waals surface area contributed by atoms with Gasteiger partial charge in [0.2, 0.25) is 5.76 Å². The second-order valence-electron chi connectivity index (χ2n) is 7.12. The number of aromatic hydroxyl groups is 1. The Morgan fingerprint density at radius 2 is 1.97 bits per heavy atom. The van der Waals surface area contributed by atoms with Crippen LogP contribution in [-0.4, -0.2) is 43.3 Å². The zero-order valence-electron chi connectivity index (χ0n) is 16.7. The van der Waals surface area contributed by atoms with Crippen LogP contribution >= 0.6 is 15.9 Å². The minimum atomic E-state index is -0.699. The van der Waals surface area contributed by atoms with E-state index < -0.39 is 6.04 Å². The zero-order chi connectivity index (χ0) is 21.6. The van der Waals surface area contributed by atoms with Crippen LogP contribution in [0.4, 0.5) is 0 Å². The van der Waals surface area contributed by atoms with Gasteiger partial charge in [-0.05, 0) is 52.7 Å². The summed E-state index contributed by atoms with van der Waals surface area (Å²) in [5, 5.41) is 10.6. The minimum Gasteiger partial charge on any atom is -0.503 e. The van der Waals surface area contributed by atoms with Crippen molar-refractivity contribution < 1.29 is 23.8 Å². The highest BCUT2D eigenvalue weighted by Gasteiger charge is 2.43. The number of amides is 1. The van der Waals surface area contributed by atoms with Crippen LogP contribution in [0.15, 0.2) is 44.0 Å². The van der Waals surface area contributed by atoms with Crippen LogP contribution in [0.3, 0.4) is 0 Å². The van der Waals surface area contributed by atoms with E-state index in [1.54, 1.807) is 36.3 Å². The van der Waals surface area contributed by atoms with Gasteiger partial charge in [-0.3, -0.25) is 9.59 Å². The molecule has 2 aromatic carbocycles. The fourth-order valence-electron chi connectivity index (χ4n) is 3.81. The summed E-state index contributed by atoms with van der Waals surface area (Å²) in [5.74, 6) is -0.182. The van der Waals surface area contributed by atoms with Crippen molar-refractivity contribution in [3.63, 3.8) is 0 Å². The van der Waals surface area contributed by atoms with Crippen molar-refractivity contribution in [2.24, 2.45) is 0 Å². The van der Waals surface area contributed by atoms with Crippen LogP contribution in [-0.2, 0) is 4.74 Å². The number of phenolic OH excluding ortho intramolecular Hbond substituents is 1. The van der Waals surface area contributed by atoms with Gasteiger partial charge in [-0.2, -0.15) is 0 Å². The number of hydrogen-bond donors (Lipinski definition) is 1. The monoisotopic (exact) mass is 473 g/mol. The molecule has 0 spiro atoms. The van der Waals surface area contributed by atoms with Gasteiger partial charge in [0.25, 0.3) is 5.91 Å². The highest BCUT2D eigenvalue weighted by Crippen LogP contribution is 2.43. The first-order chi connectivity index (χ1) is 14.4. The van der Waals surface area contributed by atoms with Gasteiger partial charge < -0.3 is 23.9 Å². The predicted molar refractivity (Wildman–Crippen MR) is 114 cm³/mol. The van der Waals surface area contributed by atoms with E-state index in [0.717, 1.165) is 5.56 Å². The average molecular weight is 474 g/mol. The number of ether oxygens (including phenoxy) is 2. The molecule has 8 heteroatoms. The molecule has 0 radical (unpaired) electrons. The smallest absolute Gasteiger partial charge is 0.290 e. The summed E-state index contributed by atoms with van der Waals surface area (Å²) in [6, 6.07) is 7.88. The number of nitrogens with zero attached hydrogens (tertiary/aromatic N) is 1. The molecule has 1 aliphatic heterocycles. The van der Waals surface area contributed by atoms with Crippen LogP contribution in [0.2, 0.25) is 0 Å². The lowest BCUT2D eigenvalue weighted by atomic mass is 9.97. The maximum absolute atomic E-state index is 13.5. The summed E-state index contributed by atoms with van der Waals surface area (Å²) < 4.78 is 16.7. The molecule has 1 N–H and O–H groups in total. The van der Waals surface area contributed by atoms with E-state index in [9.17, 15) is 14.7 Å². The fraction of sp³-hybridized carbons (Fsp3) is 0.273. The molecule has 0 fully saturated rings. The third-order valence-electron chi connectivity index (χ3n) is 5.24. The van der Waals surface area contributed by atoms with Crippen LogP contribution in [0.25, 0.3) is 11.0 Å². The molecular formula is C22H20BrNO6. The highest BCUT2D eigenvalue weighted by atomic mass is 79.9. The van der Waals surface area contributed by atoms with Crippen molar-refractivity contribution in [1.82, 2.24) is 4.90 Å². The Balaban J connectivity index is 2.00. The van der Waals surface area contributed by atoms with E-state index in [0.29, 0.717) is 27.6 Å². The third kappa shape index (κ3) is 3.16. The number of halogens is 1. The van der Waals surface area contributed by atoms with E-state index in [4.69, 9.17) is 13.9 Å². The maximum Gasteiger partial charge on any atom is 0.290 e. The second kappa shape index (κ2) is 7.77. The van der Waals surface area contributed by atoms with Crippen LogP contribution in [0.5, 0.6) is 11.5 Å². The van der Waals surface area contributed by atoms with Gasteiger partial charge >= 0.3 is 0 Å². The van der Waals surface area contributed by atoms with E-state index >= 15 is 0 Å². The van der Waals surface area contributed by atoms with Crippen LogP contribution < -0.4 is 10.2 Å². The Labute approximate surface area is 180 Å². The van der Waals surface area contributed by atoms with Crippen molar-refractivity contribution in [1.29, 1.82) is 0 Å². The van der Waals surface area contributed by atoms with Gasteiger partial charge in [-0.1, -0.05) is 11.6 Å². The topological polar surface area (TPSA) is 89.2 Å². The number of benzene rings is 2. The molecule has 1 amide bonds. The Morgan fingerprint density at radius 3 is 2.67 bits per heavy atom. The fourth-order valence-corrected chi connectivity index (χ4v) is 4.27. The molecule has 3 aromatic rings. The summed E-state index contributed by atoms with van der Waals surface area (Å²) in [6.45, 7) is 2.45. The lowest BCUT2D eigenvalue weighted by molar-refractivity contribution is 0.0663. The van der Waals surface area contributed by atoms with Crippen molar-refractivity contribution >= 4 is 32.8 Å². The Hall–Kier alpha value is -2.84. The number of carbonyl (C=O) groups excluding carboxylic acids is 1. The zero-order valence-corrected chi connectivity index (χ0v) is 18.3. The summed E-state index contributed by atoms with van der Waals surface area (Å²) in [5.41, 5.74) is 1.92. The van der Waals surface area contributed by atoms with Crippen molar-refractivity contribution in [3.8, 4) is 11.5 Å². The molecule has 30 heavy (non-hydrogen) atoms. The number of rotatable bonds is 5. The van der Waals surface area contributed by atoms with E-state index in [-0.39, 0.29) is 40.7 Å². The molecule has 2 heterocycles. The largest absolute Gasteiger partial charge is 0.503 e. The lowest BCUT2D eigenvalue weighted by Crippen LogP contribution is -2.32. The molecular weight excluding hydrogens is 454 g/mol. The molecule has 0 saturated carbocycles. The number of phenols is 1. The molecule has 0 aliphatic carbocycles. The normalized spacial score (nSPS) is 15.7. The van der Waals surface area contributed by atoms with Crippen molar-refractivity contribution in [3.05, 3.63) is 67.5 Å². The second-order valence-corrected chi connectivity index (χ2v) is 7.98. The molecule has 1 aromatic heterocycles. The molecule has 0 bridgehead atoms. The Morgan fingerprint density at radius 1 is 1.20 bits per heavy atom. The van der Waals surface area contributed by atoms with Crippen molar-refractivity contribution in [2.45, 2.75) is 13.0 Å². The molecule has 156 valence electrons. The van der Waals surface area contributed by atoms with E-state index in [1.807, 2.05) is 13.0 Å². The Bertz CT molecular complexity index is 1220. The molecule has 0 saturated heterocycles. The summed E-state index contributed by atoms with van der Waals surface area (Å²) in [7, 11) is 2.98. The molecule has 1 unspecified atom stereocenters. The van der Waals surface area contributed by atoms with Crippen LogP contribution in [0, 0.1) is 6.92 Å². The molecule has 1 atom stereocenters. The first kappa shape index (κ1) is 20.4. The van der Waals surface area contributed by atoms with E-state index in [1.165, 1.54) is 7.11 Å². The molecule has 1 aliphatic rings. The van der Waals surface area contributed by atoms with Gasteiger partial charge in [0.15, 0.2) is 16.9 Å². The van der Waals surface area contributed by atoms with Gasteiger partial charge in [0, 0.05) is 13.7 Å². The number of methoxy groups -OCH3 is 2. The van der Waals surface area contributed by atoms with Gasteiger partial charge in [-0.15, -0.1) is 0 Å². The SMILES string of the molecule is COCCN1C(=O)c2oc3ccc(C)cc3c(=O)c2C1c1cc(Br)c(O)c(OC)c1.